The van der Waals surface area contributed by atoms with E-state index in [1.54, 1.807) is 25.3 Å². The molecular formula is C17H17FO2. The second-order valence-corrected chi connectivity index (χ2v) is 4.82. The van der Waals surface area contributed by atoms with Crippen LogP contribution in [0, 0.1) is 19.7 Å². The third-order valence-corrected chi connectivity index (χ3v) is 3.43. The summed E-state index contributed by atoms with van der Waals surface area (Å²) >= 11 is 0. The Balaban J connectivity index is 2.32. The van der Waals surface area contributed by atoms with Crippen molar-refractivity contribution in [3.05, 3.63) is 64.5 Å². The summed E-state index contributed by atoms with van der Waals surface area (Å²) in [6.45, 7) is 3.89. The molecule has 2 aromatic rings. The Morgan fingerprint density at radius 3 is 2.60 bits per heavy atom. The van der Waals surface area contributed by atoms with E-state index in [2.05, 4.69) is 0 Å². The summed E-state index contributed by atoms with van der Waals surface area (Å²) in [5.74, 6) is 0.198. The maximum atomic E-state index is 13.1. The van der Waals surface area contributed by atoms with E-state index < -0.39 is 0 Å². The quantitative estimate of drug-likeness (QED) is 0.790. The fraction of sp³-hybridized carbons (Fsp3) is 0.235. The molecule has 3 heteroatoms. The second-order valence-electron chi connectivity index (χ2n) is 4.82. The van der Waals surface area contributed by atoms with Crippen LogP contribution in [0.25, 0.3) is 0 Å². The van der Waals surface area contributed by atoms with Gasteiger partial charge < -0.3 is 4.74 Å². The number of hydrogen-bond acceptors (Lipinski definition) is 2. The van der Waals surface area contributed by atoms with Crippen LogP contribution in [-0.4, -0.2) is 12.9 Å². The predicted molar refractivity (Wildman–Crippen MR) is 76.9 cm³/mol. The second kappa shape index (κ2) is 5.87. The van der Waals surface area contributed by atoms with Crippen LogP contribution < -0.4 is 4.74 Å². The molecule has 2 aromatic carbocycles. The van der Waals surface area contributed by atoms with Crippen molar-refractivity contribution in [2.45, 2.75) is 20.3 Å². The molecule has 0 aliphatic heterocycles. The molecule has 2 nitrogen and oxygen atoms in total. The smallest absolute Gasteiger partial charge is 0.170 e. The number of Topliss-reactive ketones (excluding diaryl/α,β-unsaturated/α-hetero) is 1. The molecule has 0 radical (unpaired) electrons. The lowest BCUT2D eigenvalue weighted by Gasteiger charge is -2.12. The molecule has 0 aliphatic carbocycles. The van der Waals surface area contributed by atoms with E-state index in [0.717, 1.165) is 11.1 Å². The summed E-state index contributed by atoms with van der Waals surface area (Å²) in [6.07, 6.45) is 0.163. The van der Waals surface area contributed by atoms with Gasteiger partial charge in [0.05, 0.1) is 12.7 Å². The lowest BCUT2D eigenvalue weighted by atomic mass is 9.98. The third-order valence-electron chi connectivity index (χ3n) is 3.43. The average Bonchev–Trinajstić information content (AvgIpc) is 2.41. The number of benzene rings is 2. The minimum absolute atomic E-state index is 0.0736. The van der Waals surface area contributed by atoms with Gasteiger partial charge in [0.1, 0.15) is 11.6 Å². The molecule has 0 bridgehead atoms. The highest BCUT2D eigenvalue weighted by molar-refractivity contribution is 6.00. The number of aryl methyl sites for hydroxylation is 1. The molecule has 0 spiro atoms. The van der Waals surface area contributed by atoms with Crippen LogP contribution in [0.4, 0.5) is 4.39 Å². The molecule has 0 amide bonds. The Morgan fingerprint density at radius 1 is 1.20 bits per heavy atom. The Kier molecular flexibility index (Phi) is 4.18. The monoisotopic (exact) mass is 272 g/mol. The highest BCUT2D eigenvalue weighted by Crippen LogP contribution is 2.27. The zero-order valence-corrected chi connectivity index (χ0v) is 11.9. The fourth-order valence-electron chi connectivity index (χ4n) is 2.20. The number of carbonyl (C=O) groups excluding carboxylic acids is 1. The van der Waals surface area contributed by atoms with Gasteiger partial charge in [-0.1, -0.05) is 18.2 Å². The van der Waals surface area contributed by atoms with Crippen molar-refractivity contribution in [1.29, 1.82) is 0 Å². The molecule has 0 atom stereocenters. The third kappa shape index (κ3) is 2.87. The van der Waals surface area contributed by atoms with Crippen molar-refractivity contribution in [2.24, 2.45) is 0 Å². The SMILES string of the molecule is COc1c(C(=O)Cc2cccc(F)c2)ccc(C)c1C. The minimum atomic E-state index is -0.331. The lowest BCUT2D eigenvalue weighted by molar-refractivity contribution is 0.0990. The van der Waals surface area contributed by atoms with Gasteiger partial charge in [-0.3, -0.25) is 4.79 Å². The Morgan fingerprint density at radius 2 is 1.95 bits per heavy atom. The van der Waals surface area contributed by atoms with E-state index in [9.17, 15) is 9.18 Å². The first kappa shape index (κ1) is 14.3. The van der Waals surface area contributed by atoms with Gasteiger partial charge in [-0.25, -0.2) is 4.39 Å². The predicted octanol–water partition coefficient (Wildman–Crippen LogP) is 3.88. The molecule has 0 heterocycles. The van der Waals surface area contributed by atoms with E-state index in [1.807, 2.05) is 19.9 Å². The Bertz CT molecular complexity index is 647. The van der Waals surface area contributed by atoms with Crippen LogP contribution in [0.2, 0.25) is 0 Å². The maximum Gasteiger partial charge on any atom is 0.170 e. The van der Waals surface area contributed by atoms with Crippen molar-refractivity contribution in [3.8, 4) is 5.75 Å². The van der Waals surface area contributed by atoms with E-state index in [0.29, 0.717) is 16.9 Å². The maximum absolute atomic E-state index is 13.1. The lowest BCUT2D eigenvalue weighted by Crippen LogP contribution is -2.07. The first-order chi connectivity index (χ1) is 9.52. The summed E-state index contributed by atoms with van der Waals surface area (Å²) in [5, 5.41) is 0. The number of halogens is 1. The Hall–Kier alpha value is -2.16. The van der Waals surface area contributed by atoms with Crippen molar-refractivity contribution < 1.29 is 13.9 Å². The number of ketones is 1. The van der Waals surface area contributed by atoms with E-state index >= 15 is 0 Å². The van der Waals surface area contributed by atoms with Crippen LogP contribution in [-0.2, 0) is 6.42 Å². The van der Waals surface area contributed by atoms with Gasteiger partial charge in [-0.15, -0.1) is 0 Å². The molecule has 2 rings (SSSR count). The number of ether oxygens (including phenoxy) is 1. The van der Waals surface area contributed by atoms with Crippen molar-refractivity contribution >= 4 is 5.78 Å². The molecule has 104 valence electrons. The number of hydrogen-bond donors (Lipinski definition) is 0. The minimum Gasteiger partial charge on any atom is -0.496 e. The van der Waals surface area contributed by atoms with E-state index in [1.165, 1.54) is 12.1 Å². The van der Waals surface area contributed by atoms with Crippen molar-refractivity contribution in [3.63, 3.8) is 0 Å². The molecule has 0 aliphatic rings. The van der Waals surface area contributed by atoms with Crippen molar-refractivity contribution in [1.82, 2.24) is 0 Å². The van der Waals surface area contributed by atoms with Crippen LogP contribution in [0.3, 0.4) is 0 Å². The van der Waals surface area contributed by atoms with Gasteiger partial charge >= 0.3 is 0 Å². The van der Waals surface area contributed by atoms with Crippen LogP contribution in [0.5, 0.6) is 5.75 Å². The molecule has 20 heavy (non-hydrogen) atoms. The number of carbonyl (C=O) groups is 1. The van der Waals surface area contributed by atoms with Crippen LogP contribution in [0.15, 0.2) is 36.4 Å². The normalized spacial score (nSPS) is 10.4. The number of methoxy groups -OCH3 is 1. The van der Waals surface area contributed by atoms with E-state index in [-0.39, 0.29) is 18.0 Å². The van der Waals surface area contributed by atoms with Gasteiger partial charge in [0.25, 0.3) is 0 Å². The van der Waals surface area contributed by atoms with Gasteiger partial charge in [-0.05, 0) is 48.7 Å². The summed E-state index contributed by atoms with van der Waals surface area (Å²) in [7, 11) is 1.56. The molecular weight excluding hydrogens is 255 g/mol. The average molecular weight is 272 g/mol. The van der Waals surface area contributed by atoms with Gasteiger partial charge in [0.15, 0.2) is 5.78 Å². The molecule has 0 saturated heterocycles. The Labute approximate surface area is 118 Å². The molecule has 0 unspecified atom stereocenters. The number of rotatable bonds is 4. The first-order valence-corrected chi connectivity index (χ1v) is 6.44. The summed E-state index contributed by atoms with van der Waals surface area (Å²) in [6, 6.07) is 9.76. The summed E-state index contributed by atoms with van der Waals surface area (Å²) in [4.78, 5) is 12.4. The van der Waals surface area contributed by atoms with Gasteiger partial charge in [0.2, 0.25) is 0 Å². The topological polar surface area (TPSA) is 26.3 Å². The first-order valence-electron chi connectivity index (χ1n) is 6.44. The standard InChI is InChI=1S/C17H17FO2/c1-11-7-8-15(17(20-3)12(11)2)16(19)10-13-5-4-6-14(18)9-13/h4-9H,10H2,1-3H3. The zero-order valence-electron chi connectivity index (χ0n) is 11.9. The van der Waals surface area contributed by atoms with Crippen molar-refractivity contribution in [2.75, 3.05) is 7.11 Å². The summed E-state index contributed by atoms with van der Waals surface area (Å²) in [5.41, 5.74) is 3.23. The fourth-order valence-corrected chi connectivity index (χ4v) is 2.20. The molecule has 0 saturated carbocycles. The van der Waals surface area contributed by atoms with Gasteiger partial charge in [0, 0.05) is 6.42 Å². The highest BCUT2D eigenvalue weighted by atomic mass is 19.1. The van der Waals surface area contributed by atoms with E-state index in [4.69, 9.17) is 4.74 Å². The molecule has 0 N–H and O–H groups in total. The van der Waals surface area contributed by atoms with Gasteiger partial charge in [-0.2, -0.15) is 0 Å². The van der Waals surface area contributed by atoms with Crippen LogP contribution >= 0.6 is 0 Å². The summed E-state index contributed by atoms with van der Waals surface area (Å²) < 4.78 is 18.5. The largest absolute Gasteiger partial charge is 0.496 e. The molecule has 0 aromatic heterocycles. The molecule has 0 fully saturated rings. The highest BCUT2D eigenvalue weighted by Gasteiger charge is 2.16. The zero-order chi connectivity index (χ0) is 14.7. The van der Waals surface area contributed by atoms with Crippen LogP contribution in [0.1, 0.15) is 27.0 Å².